The number of hydrogen-bond acceptors (Lipinski definition) is 2. The van der Waals surface area contributed by atoms with Crippen molar-refractivity contribution < 1.29 is 4.74 Å². The summed E-state index contributed by atoms with van der Waals surface area (Å²) in [6.07, 6.45) is 5.24. The topological polar surface area (TPSA) is 21.3 Å². The van der Waals surface area contributed by atoms with Crippen molar-refractivity contribution in [3.63, 3.8) is 0 Å². The molecule has 0 aliphatic carbocycles. The van der Waals surface area contributed by atoms with Crippen molar-refractivity contribution in [3.8, 4) is 5.75 Å². The number of hydrogen-bond donors (Lipinski definition) is 1. The molecule has 0 spiro atoms. The van der Waals surface area contributed by atoms with Gasteiger partial charge in [0.2, 0.25) is 0 Å². The van der Waals surface area contributed by atoms with Crippen LogP contribution in [0, 0.1) is 6.92 Å². The molecule has 1 aromatic rings. The summed E-state index contributed by atoms with van der Waals surface area (Å²) in [4.78, 5) is 0. The molecule has 0 radical (unpaired) electrons. The third-order valence-electron chi connectivity index (χ3n) is 2.89. The molecular weight excluding hydrogens is 222 g/mol. The minimum Gasteiger partial charge on any atom is -0.492 e. The van der Waals surface area contributed by atoms with E-state index in [0.717, 1.165) is 31.9 Å². The van der Waals surface area contributed by atoms with E-state index in [1.807, 2.05) is 6.08 Å². The van der Waals surface area contributed by atoms with Gasteiger partial charge in [-0.25, -0.2) is 0 Å². The number of unbranched alkanes of at least 4 members (excludes halogenated alkanes) is 1. The molecule has 0 heterocycles. The van der Waals surface area contributed by atoms with Crippen molar-refractivity contribution in [1.82, 2.24) is 5.32 Å². The van der Waals surface area contributed by atoms with E-state index < -0.39 is 0 Å². The lowest BCUT2D eigenvalue weighted by Gasteiger charge is -2.13. The van der Waals surface area contributed by atoms with Crippen molar-refractivity contribution in [3.05, 3.63) is 42.0 Å². The fraction of sp³-hybridized carbons (Fsp3) is 0.500. The highest BCUT2D eigenvalue weighted by atomic mass is 16.5. The van der Waals surface area contributed by atoms with E-state index in [-0.39, 0.29) is 0 Å². The molecule has 0 aliphatic rings. The molecule has 100 valence electrons. The Hall–Kier alpha value is -1.28. The van der Waals surface area contributed by atoms with Crippen molar-refractivity contribution in [2.24, 2.45) is 0 Å². The zero-order valence-corrected chi connectivity index (χ0v) is 11.7. The Bertz CT molecular complexity index is 360. The standard InChI is InChI=1S/C16H25NO/c1-4-6-11-17-12-13-18-16-14(3)9-7-10-15(16)8-5-2/h5,7,9-10,17H,2,4,6,8,11-13H2,1,3H3. The van der Waals surface area contributed by atoms with E-state index in [1.54, 1.807) is 0 Å². The minimum absolute atomic E-state index is 0.721. The van der Waals surface area contributed by atoms with Crippen LogP contribution in [0.3, 0.4) is 0 Å². The number of nitrogens with one attached hydrogen (secondary N) is 1. The van der Waals surface area contributed by atoms with Gasteiger partial charge in [-0.05, 0) is 37.4 Å². The van der Waals surface area contributed by atoms with Gasteiger partial charge >= 0.3 is 0 Å². The number of para-hydroxylation sites is 1. The van der Waals surface area contributed by atoms with Crippen LogP contribution in [0.25, 0.3) is 0 Å². The molecule has 0 fully saturated rings. The van der Waals surface area contributed by atoms with Gasteiger partial charge in [0.05, 0.1) is 0 Å². The van der Waals surface area contributed by atoms with E-state index >= 15 is 0 Å². The summed E-state index contributed by atoms with van der Waals surface area (Å²) in [5.74, 6) is 1.02. The zero-order valence-electron chi connectivity index (χ0n) is 11.7. The molecule has 0 atom stereocenters. The van der Waals surface area contributed by atoms with Crippen LogP contribution in [0.4, 0.5) is 0 Å². The highest BCUT2D eigenvalue weighted by Gasteiger charge is 2.05. The number of benzene rings is 1. The smallest absolute Gasteiger partial charge is 0.125 e. The highest BCUT2D eigenvalue weighted by molar-refractivity contribution is 5.41. The molecule has 0 saturated heterocycles. The van der Waals surface area contributed by atoms with E-state index in [9.17, 15) is 0 Å². The highest BCUT2D eigenvalue weighted by Crippen LogP contribution is 2.23. The average molecular weight is 247 g/mol. The number of aryl methyl sites for hydroxylation is 1. The van der Waals surface area contributed by atoms with Crippen LogP contribution in [0.2, 0.25) is 0 Å². The van der Waals surface area contributed by atoms with Gasteiger partial charge in [-0.2, -0.15) is 0 Å². The van der Waals surface area contributed by atoms with Crippen molar-refractivity contribution in [2.45, 2.75) is 33.1 Å². The number of rotatable bonds is 9. The van der Waals surface area contributed by atoms with Crippen LogP contribution >= 0.6 is 0 Å². The zero-order chi connectivity index (χ0) is 13.2. The second kappa shape index (κ2) is 8.76. The summed E-state index contributed by atoms with van der Waals surface area (Å²) in [6, 6.07) is 6.27. The van der Waals surface area contributed by atoms with Crippen LogP contribution in [0.5, 0.6) is 5.75 Å². The Morgan fingerprint density at radius 1 is 1.33 bits per heavy atom. The maximum atomic E-state index is 5.89. The van der Waals surface area contributed by atoms with E-state index in [2.05, 4.69) is 43.9 Å². The third-order valence-corrected chi connectivity index (χ3v) is 2.89. The van der Waals surface area contributed by atoms with Gasteiger partial charge in [0.15, 0.2) is 0 Å². The normalized spacial score (nSPS) is 10.3. The lowest BCUT2D eigenvalue weighted by molar-refractivity contribution is 0.309. The van der Waals surface area contributed by atoms with E-state index in [0.29, 0.717) is 0 Å². The Morgan fingerprint density at radius 2 is 2.17 bits per heavy atom. The van der Waals surface area contributed by atoms with Crippen molar-refractivity contribution >= 4 is 0 Å². The fourth-order valence-electron chi connectivity index (χ4n) is 1.89. The first-order valence-electron chi connectivity index (χ1n) is 6.82. The summed E-state index contributed by atoms with van der Waals surface area (Å²) in [5.41, 5.74) is 2.42. The molecule has 0 unspecified atom stereocenters. The molecule has 0 amide bonds. The SMILES string of the molecule is C=CCc1cccc(C)c1OCCNCCCC. The molecule has 2 heteroatoms. The molecule has 0 saturated carbocycles. The molecule has 1 N–H and O–H groups in total. The fourth-order valence-corrected chi connectivity index (χ4v) is 1.89. The van der Waals surface area contributed by atoms with Gasteiger partial charge in [-0.1, -0.05) is 37.6 Å². The summed E-state index contributed by atoms with van der Waals surface area (Å²) in [6.45, 7) is 10.8. The van der Waals surface area contributed by atoms with Crippen molar-refractivity contribution in [2.75, 3.05) is 19.7 Å². The summed E-state index contributed by atoms with van der Waals surface area (Å²) in [5, 5.41) is 3.38. The monoisotopic (exact) mass is 247 g/mol. The molecule has 0 bridgehead atoms. The number of ether oxygens (including phenoxy) is 1. The predicted octanol–water partition coefficient (Wildman–Crippen LogP) is 3.49. The molecule has 1 rings (SSSR count). The van der Waals surface area contributed by atoms with Crippen LogP contribution in [0.1, 0.15) is 30.9 Å². The van der Waals surface area contributed by atoms with Gasteiger partial charge in [-0.15, -0.1) is 6.58 Å². The molecule has 18 heavy (non-hydrogen) atoms. The first-order valence-corrected chi connectivity index (χ1v) is 6.82. The van der Waals surface area contributed by atoms with Crippen LogP contribution in [-0.4, -0.2) is 19.7 Å². The predicted molar refractivity (Wildman–Crippen MR) is 78.4 cm³/mol. The summed E-state index contributed by atoms with van der Waals surface area (Å²) in [7, 11) is 0. The lowest BCUT2D eigenvalue weighted by Crippen LogP contribution is -2.22. The average Bonchev–Trinajstić information content (AvgIpc) is 2.36. The molecule has 0 aliphatic heterocycles. The Balaban J connectivity index is 2.42. The van der Waals surface area contributed by atoms with Crippen LogP contribution in [0.15, 0.2) is 30.9 Å². The Labute approximate surface area is 111 Å². The molecule has 1 aromatic carbocycles. The lowest BCUT2D eigenvalue weighted by atomic mass is 10.1. The first kappa shape index (κ1) is 14.8. The second-order valence-electron chi connectivity index (χ2n) is 4.51. The maximum absolute atomic E-state index is 5.89. The van der Waals surface area contributed by atoms with Crippen molar-refractivity contribution in [1.29, 1.82) is 0 Å². The molecule has 0 aromatic heterocycles. The second-order valence-corrected chi connectivity index (χ2v) is 4.51. The van der Waals surface area contributed by atoms with Gasteiger partial charge in [0, 0.05) is 6.54 Å². The van der Waals surface area contributed by atoms with Gasteiger partial charge in [-0.3, -0.25) is 0 Å². The first-order chi connectivity index (χ1) is 8.79. The van der Waals surface area contributed by atoms with Crippen LogP contribution in [-0.2, 0) is 6.42 Å². The van der Waals surface area contributed by atoms with Gasteiger partial charge in [0.1, 0.15) is 12.4 Å². The Kier molecular flexibility index (Phi) is 7.19. The minimum atomic E-state index is 0.721. The quantitative estimate of drug-likeness (QED) is 0.533. The molecule has 2 nitrogen and oxygen atoms in total. The maximum Gasteiger partial charge on any atom is 0.125 e. The van der Waals surface area contributed by atoms with E-state index in [4.69, 9.17) is 4.74 Å². The van der Waals surface area contributed by atoms with Crippen LogP contribution < -0.4 is 10.1 Å². The molecular formula is C16H25NO. The summed E-state index contributed by atoms with van der Waals surface area (Å²) < 4.78 is 5.89. The van der Waals surface area contributed by atoms with E-state index in [1.165, 1.54) is 24.0 Å². The summed E-state index contributed by atoms with van der Waals surface area (Å²) >= 11 is 0. The Morgan fingerprint density at radius 3 is 2.89 bits per heavy atom. The largest absolute Gasteiger partial charge is 0.492 e. The van der Waals surface area contributed by atoms with Gasteiger partial charge in [0.25, 0.3) is 0 Å². The van der Waals surface area contributed by atoms with Gasteiger partial charge < -0.3 is 10.1 Å². The third kappa shape index (κ3) is 4.92. The number of allylic oxidation sites excluding steroid dienone is 1.